The average Bonchev–Trinajstić information content (AvgIpc) is 3.26. The number of carbonyl (C=O) groups excluding carboxylic acids is 2. The van der Waals surface area contributed by atoms with Crippen molar-refractivity contribution < 1.29 is 19.1 Å². The molecule has 0 saturated carbocycles. The molecule has 0 atom stereocenters. The Kier molecular flexibility index (Phi) is 7.05. The molecule has 0 radical (unpaired) electrons. The fraction of sp³-hybridized carbons (Fsp3) is 0.400. The maximum atomic E-state index is 12.6. The fourth-order valence-corrected chi connectivity index (χ4v) is 5.15. The van der Waals surface area contributed by atoms with E-state index in [1.165, 1.54) is 16.6 Å². The molecule has 1 aromatic heterocycles. The third-order valence-electron chi connectivity index (χ3n) is 5.87. The van der Waals surface area contributed by atoms with Gasteiger partial charge in [0.1, 0.15) is 0 Å². The lowest BCUT2D eigenvalue weighted by atomic mass is 9.97. The zero-order valence-electron chi connectivity index (χ0n) is 18.5. The van der Waals surface area contributed by atoms with E-state index in [1.807, 2.05) is 17.0 Å². The second-order valence-corrected chi connectivity index (χ2v) is 9.11. The number of amides is 1. The first-order chi connectivity index (χ1) is 15.5. The topological polar surface area (TPSA) is 68.7 Å². The molecular formula is C25H28N2O4S. The number of carbonyl (C=O) groups is 2. The summed E-state index contributed by atoms with van der Waals surface area (Å²) in [7, 11) is 1.55. The van der Waals surface area contributed by atoms with Gasteiger partial charge in [0, 0.05) is 31.0 Å². The number of hydrogen-bond acceptors (Lipinski definition) is 6. The van der Waals surface area contributed by atoms with Gasteiger partial charge in [0.15, 0.2) is 17.3 Å². The van der Waals surface area contributed by atoms with Gasteiger partial charge in [-0.2, -0.15) is 0 Å². The SMILES string of the molecule is COc1cc(C(C)=O)ccc1OCCCC(=O)N1CCC(c2nc3ccccc3s2)CC1. The number of ether oxygens (including phenoxy) is 2. The highest BCUT2D eigenvalue weighted by Gasteiger charge is 2.25. The molecule has 4 rings (SSSR count). The molecule has 168 valence electrons. The van der Waals surface area contributed by atoms with Crippen molar-refractivity contribution >= 4 is 33.2 Å². The van der Waals surface area contributed by atoms with Crippen LogP contribution in [-0.4, -0.2) is 48.4 Å². The normalized spacial score (nSPS) is 14.5. The van der Waals surface area contributed by atoms with Crippen molar-refractivity contribution in [2.75, 3.05) is 26.8 Å². The number of benzene rings is 2. The third-order valence-corrected chi connectivity index (χ3v) is 7.07. The summed E-state index contributed by atoms with van der Waals surface area (Å²) in [6.45, 7) is 3.49. The maximum Gasteiger partial charge on any atom is 0.222 e. The van der Waals surface area contributed by atoms with Crippen molar-refractivity contribution in [2.24, 2.45) is 0 Å². The molecule has 2 aromatic carbocycles. The van der Waals surface area contributed by atoms with Crippen molar-refractivity contribution in [1.29, 1.82) is 0 Å². The number of ketones is 1. The van der Waals surface area contributed by atoms with Crippen LogP contribution in [-0.2, 0) is 4.79 Å². The molecule has 3 aromatic rings. The maximum absolute atomic E-state index is 12.6. The van der Waals surface area contributed by atoms with Crippen LogP contribution in [0.5, 0.6) is 11.5 Å². The van der Waals surface area contributed by atoms with Crippen LogP contribution in [0.2, 0.25) is 0 Å². The lowest BCUT2D eigenvalue weighted by Gasteiger charge is -2.31. The monoisotopic (exact) mass is 452 g/mol. The number of hydrogen-bond donors (Lipinski definition) is 0. The minimum absolute atomic E-state index is 0.0210. The quantitative estimate of drug-likeness (QED) is 0.352. The van der Waals surface area contributed by atoms with E-state index >= 15 is 0 Å². The highest BCUT2D eigenvalue weighted by atomic mass is 32.1. The molecule has 1 amide bonds. The van der Waals surface area contributed by atoms with Crippen LogP contribution in [0.1, 0.15) is 53.9 Å². The Morgan fingerprint density at radius 1 is 1.12 bits per heavy atom. The standard InChI is InChI=1S/C25H28N2O4S/c1-17(28)19-9-10-21(22(16-19)30-2)31-15-5-8-24(29)27-13-11-18(12-14-27)25-26-20-6-3-4-7-23(20)32-25/h3-4,6-7,9-10,16,18H,5,8,11-15H2,1-2H3. The van der Waals surface area contributed by atoms with Gasteiger partial charge in [-0.1, -0.05) is 12.1 Å². The summed E-state index contributed by atoms with van der Waals surface area (Å²) in [4.78, 5) is 30.9. The van der Waals surface area contributed by atoms with Gasteiger partial charge in [0.2, 0.25) is 5.91 Å². The second-order valence-electron chi connectivity index (χ2n) is 8.05. The van der Waals surface area contributed by atoms with Crippen LogP contribution in [0.15, 0.2) is 42.5 Å². The van der Waals surface area contributed by atoms with Crippen molar-refractivity contribution in [1.82, 2.24) is 9.88 Å². The van der Waals surface area contributed by atoms with E-state index in [-0.39, 0.29) is 11.7 Å². The number of thiazole rings is 1. The molecule has 1 fully saturated rings. The summed E-state index contributed by atoms with van der Waals surface area (Å²) < 4.78 is 12.3. The van der Waals surface area contributed by atoms with E-state index in [9.17, 15) is 9.59 Å². The summed E-state index contributed by atoms with van der Waals surface area (Å²) >= 11 is 1.77. The van der Waals surface area contributed by atoms with E-state index in [1.54, 1.807) is 36.6 Å². The third kappa shape index (κ3) is 5.10. The molecule has 2 heterocycles. The van der Waals surface area contributed by atoms with Gasteiger partial charge in [-0.05, 0) is 56.5 Å². The van der Waals surface area contributed by atoms with E-state index in [0.29, 0.717) is 42.4 Å². The van der Waals surface area contributed by atoms with Gasteiger partial charge in [-0.25, -0.2) is 4.98 Å². The average molecular weight is 453 g/mol. The minimum Gasteiger partial charge on any atom is -0.493 e. The Bertz CT molecular complexity index is 1070. The number of nitrogens with zero attached hydrogens (tertiary/aromatic N) is 2. The first kappa shape index (κ1) is 22.3. The van der Waals surface area contributed by atoms with Crippen LogP contribution in [0.3, 0.4) is 0 Å². The van der Waals surface area contributed by atoms with Crippen LogP contribution < -0.4 is 9.47 Å². The van der Waals surface area contributed by atoms with Gasteiger partial charge in [-0.15, -0.1) is 11.3 Å². The van der Waals surface area contributed by atoms with E-state index in [2.05, 4.69) is 12.1 Å². The number of fused-ring (bicyclic) bond motifs is 1. The first-order valence-electron chi connectivity index (χ1n) is 11.0. The molecule has 0 unspecified atom stereocenters. The molecule has 32 heavy (non-hydrogen) atoms. The highest BCUT2D eigenvalue weighted by molar-refractivity contribution is 7.18. The second kappa shape index (κ2) is 10.1. The molecule has 6 nitrogen and oxygen atoms in total. The molecule has 1 saturated heterocycles. The highest BCUT2D eigenvalue weighted by Crippen LogP contribution is 2.34. The predicted molar refractivity (Wildman–Crippen MR) is 126 cm³/mol. The minimum atomic E-state index is -0.0210. The summed E-state index contributed by atoms with van der Waals surface area (Å²) in [6, 6.07) is 13.4. The summed E-state index contributed by atoms with van der Waals surface area (Å²) in [5.74, 6) is 1.70. The van der Waals surface area contributed by atoms with Crippen LogP contribution >= 0.6 is 11.3 Å². The zero-order valence-corrected chi connectivity index (χ0v) is 19.3. The van der Waals surface area contributed by atoms with Gasteiger partial charge in [-0.3, -0.25) is 9.59 Å². The van der Waals surface area contributed by atoms with Gasteiger partial charge in [0.25, 0.3) is 0 Å². The zero-order chi connectivity index (χ0) is 22.5. The first-order valence-corrected chi connectivity index (χ1v) is 11.8. The molecular weight excluding hydrogens is 424 g/mol. The Morgan fingerprint density at radius 3 is 2.62 bits per heavy atom. The Labute approximate surface area is 192 Å². The number of piperidine rings is 1. The van der Waals surface area contributed by atoms with E-state index < -0.39 is 0 Å². The predicted octanol–water partition coefficient (Wildman–Crippen LogP) is 5.07. The molecule has 0 N–H and O–H groups in total. The number of aromatic nitrogens is 1. The Balaban J connectivity index is 1.22. The van der Waals surface area contributed by atoms with Crippen molar-refractivity contribution in [3.05, 3.63) is 53.0 Å². The Morgan fingerprint density at radius 2 is 1.91 bits per heavy atom. The van der Waals surface area contributed by atoms with Crippen molar-refractivity contribution in [2.45, 2.75) is 38.5 Å². The largest absolute Gasteiger partial charge is 0.493 e. The summed E-state index contributed by atoms with van der Waals surface area (Å²) in [6.07, 6.45) is 3.01. The summed E-state index contributed by atoms with van der Waals surface area (Å²) in [5.41, 5.74) is 1.65. The molecule has 0 spiro atoms. The van der Waals surface area contributed by atoms with Gasteiger partial charge in [0.05, 0.1) is 28.9 Å². The molecule has 7 heteroatoms. The van der Waals surface area contributed by atoms with Gasteiger partial charge < -0.3 is 14.4 Å². The fourth-order valence-electron chi connectivity index (χ4n) is 4.01. The number of rotatable bonds is 8. The van der Waals surface area contributed by atoms with Crippen LogP contribution in [0, 0.1) is 0 Å². The molecule has 0 bridgehead atoms. The van der Waals surface area contributed by atoms with Gasteiger partial charge >= 0.3 is 0 Å². The van der Waals surface area contributed by atoms with Crippen molar-refractivity contribution in [3.63, 3.8) is 0 Å². The van der Waals surface area contributed by atoms with E-state index in [0.717, 1.165) is 31.4 Å². The molecule has 0 aliphatic carbocycles. The summed E-state index contributed by atoms with van der Waals surface area (Å²) in [5, 5.41) is 1.19. The Hall–Kier alpha value is -2.93. The number of likely N-dealkylation sites (tertiary alicyclic amines) is 1. The van der Waals surface area contributed by atoms with Crippen LogP contribution in [0.4, 0.5) is 0 Å². The lowest BCUT2D eigenvalue weighted by Crippen LogP contribution is -2.37. The number of methoxy groups -OCH3 is 1. The number of Topliss-reactive ketones (excluding diaryl/α,β-unsaturated/α-hetero) is 1. The molecule has 1 aliphatic rings. The van der Waals surface area contributed by atoms with E-state index in [4.69, 9.17) is 14.5 Å². The van der Waals surface area contributed by atoms with Crippen LogP contribution in [0.25, 0.3) is 10.2 Å². The molecule has 1 aliphatic heterocycles. The van der Waals surface area contributed by atoms with Crippen molar-refractivity contribution in [3.8, 4) is 11.5 Å². The number of para-hydroxylation sites is 1. The smallest absolute Gasteiger partial charge is 0.222 e. The lowest BCUT2D eigenvalue weighted by molar-refractivity contribution is -0.132.